The van der Waals surface area contributed by atoms with Gasteiger partial charge in [0.2, 0.25) is 0 Å². The van der Waals surface area contributed by atoms with Gasteiger partial charge in [-0.2, -0.15) is 0 Å². The predicted molar refractivity (Wildman–Crippen MR) is 55.8 cm³/mol. The molecule has 0 saturated heterocycles. The van der Waals surface area contributed by atoms with Crippen molar-refractivity contribution < 1.29 is 8.42 Å². The first-order valence-electron chi connectivity index (χ1n) is 4.73. The molecular formula is C11H14O2S. The molecule has 1 fully saturated rings. The predicted octanol–water partition coefficient (Wildman–Crippen LogP) is 2.26. The van der Waals surface area contributed by atoms with Crippen LogP contribution in [0.5, 0.6) is 0 Å². The lowest BCUT2D eigenvalue weighted by Gasteiger charge is -2.05. The van der Waals surface area contributed by atoms with Crippen molar-refractivity contribution in [3.63, 3.8) is 0 Å². The summed E-state index contributed by atoms with van der Waals surface area (Å²) in [5.74, 6) is 0. The molecule has 1 saturated carbocycles. The zero-order chi connectivity index (χ0) is 10.4. The molecule has 0 unspecified atom stereocenters. The third-order valence-electron chi connectivity index (χ3n) is 2.87. The first-order valence-corrected chi connectivity index (χ1v) is 6.28. The molecule has 0 radical (unpaired) electrons. The van der Waals surface area contributed by atoms with Crippen LogP contribution in [0.3, 0.4) is 0 Å². The summed E-state index contributed by atoms with van der Waals surface area (Å²) in [6.07, 6.45) is 0.782. The van der Waals surface area contributed by atoms with Crippen LogP contribution < -0.4 is 0 Å². The van der Waals surface area contributed by atoms with Crippen LogP contribution in [0.1, 0.15) is 20.3 Å². The molecule has 0 aromatic heterocycles. The smallest absolute Gasteiger partial charge is 0.181 e. The maximum Gasteiger partial charge on any atom is 0.181 e. The molecule has 0 bridgehead atoms. The summed E-state index contributed by atoms with van der Waals surface area (Å²) < 4.78 is 24.0. The Hall–Kier alpha value is -0.830. The van der Waals surface area contributed by atoms with E-state index in [1.165, 1.54) is 0 Å². The van der Waals surface area contributed by atoms with E-state index in [2.05, 4.69) is 0 Å². The molecular weight excluding hydrogens is 196 g/mol. The third kappa shape index (κ3) is 1.46. The molecule has 1 aliphatic rings. The van der Waals surface area contributed by atoms with Crippen LogP contribution in [-0.4, -0.2) is 13.7 Å². The fourth-order valence-corrected chi connectivity index (χ4v) is 4.08. The Kier molecular flexibility index (Phi) is 1.96. The molecule has 0 aliphatic heterocycles. The van der Waals surface area contributed by atoms with E-state index in [4.69, 9.17) is 0 Å². The highest BCUT2D eigenvalue weighted by Crippen LogP contribution is 2.51. The Morgan fingerprint density at radius 2 is 1.71 bits per heavy atom. The lowest BCUT2D eigenvalue weighted by atomic mass is 10.2. The van der Waals surface area contributed by atoms with Gasteiger partial charge in [0, 0.05) is 0 Å². The lowest BCUT2D eigenvalue weighted by Crippen LogP contribution is -2.12. The Morgan fingerprint density at radius 1 is 1.21 bits per heavy atom. The van der Waals surface area contributed by atoms with E-state index in [-0.39, 0.29) is 10.7 Å². The summed E-state index contributed by atoms with van der Waals surface area (Å²) in [7, 11) is -3.07. The Bertz CT molecular complexity index is 432. The zero-order valence-electron chi connectivity index (χ0n) is 8.40. The highest BCUT2D eigenvalue weighted by atomic mass is 32.2. The Balaban J connectivity index is 2.37. The van der Waals surface area contributed by atoms with Crippen LogP contribution in [0, 0.1) is 5.41 Å². The standard InChI is InChI=1S/C11H14O2S/c1-11(2)8-10(11)14(12,13)9-6-4-3-5-7-9/h3-7,10H,8H2,1-2H3/t10-/m0/s1. The van der Waals surface area contributed by atoms with Gasteiger partial charge in [0.15, 0.2) is 9.84 Å². The van der Waals surface area contributed by atoms with E-state index in [9.17, 15) is 8.42 Å². The van der Waals surface area contributed by atoms with Crippen molar-refractivity contribution in [1.29, 1.82) is 0 Å². The lowest BCUT2D eigenvalue weighted by molar-refractivity contribution is 0.579. The third-order valence-corrected chi connectivity index (χ3v) is 5.35. The van der Waals surface area contributed by atoms with E-state index in [0.29, 0.717) is 4.90 Å². The molecule has 0 amide bonds. The van der Waals surface area contributed by atoms with Gasteiger partial charge in [0.05, 0.1) is 10.1 Å². The van der Waals surface area contributed by atoms with Gasteiger partial charge in [-0.1, -0.05) is 32.0 Å². The van der Waals surface area contributed by atoms with Crippen molar-refractivity contribution in [3.8, 4) is 0 Å². The van der Waals surface area contributed by atoms with Gasteiger partial charge >= 0.3 is 0 Å². The summed E-state index contributed by atoms with van der Waals surface area (Å²) in [4.78, 5) is 0.454. The quantitative estimate of drug-likeness (QED) is 0.750. The summed E-state index contributed by atoms with van der Waals surface area (Å²) in [5, 5.41) is -0.183. The molecule has 14 heavy (non-hydrogen) atoms. The van der Waals surface area contributed by atoms with Crippen LogP contribution in [0.15, 0.2) is 35.2 Å². The van der Waals surface area contributed by atoms with Crippen LogP contribution in [-0.2, 0) is 9.84 Å². The van der Waals surface area contributed by atoms with Gasteiger partial charge in [-0.15, -0.1) is 0 Å². The zero-order valence-corrected chi connectivity index (χ0v) is 9.21. The fraction of sp³-hybridized carbons (Fsp3) is 0.455. The number of hydrogen-bond donors (Lipinski definition) is 0. The molecule has 2 rings (SSSR count). The minimum Gasteiger partial charge on any atom is -0.223 e. The molecule has 3 heteroatoms. The molecule has 0 spiro atoms. The first kappa shape index (κ1) is 9.71. The van der Waals surface area contributed by atoms with Crippen molar-refractivity contribution in [2.45, 2.75) is 30.4 Å². The van der Waals surface area contributed by atoms with Gasteiger partial charge in [-0.05, 0) is 24.0 Å². The Labute approximate surface area is 84.9 Å². The number of benzene rings is 1. The van der Waals surface area contributed by atoms with E-state index in [1.807, 2.05) is 19.9 Å². The molecule has 2 nitrogen and oxygen atoms in total. The molecule has 76 valence electrons. The maximum absolute atomic E-state index is 12.0. The van der Waals surface area contributed by atoms with E-state index >= 15 is 0 Å². The first-order chi connectivity index (χ1) is 6.44. The van der Waals surface area contributed by atoms with Crippen LogP contribution in [0.2, 0.25) is 0 Å². The Morgan fingerprint density at radius 3 is 2.14 bits per heavy atom. The molecule has 1 aromatic carbocycles. The van der Waals surface area contributed by atoms with Crippen LogP contribution in [0.25, 0.3) is 0 Å². The van der Waals surface area contributed by atoms with Crippen LogP contribution in [0.4, 0.5) is 0 Å². The summed E-state index contributed by atoms with van der Waals surface area (Å²) in [5.41, 5.74) is -0.0331. The minimum atomic E-state index is -3.07. The SMILES string of the molecule is CC1(C)C[C@@H]1S(=O)(=O)c1ccccc1. The second kappa shape index (κ2) is 2.83. The average Bonchev–Trinajstić information content (AvgIpc) is 2.78. The van der Waals surface area contributed by atoms with Crippen molar-refractivity contribution in [3.05, 3.63) is 30.3 Å². The summed E-state index contributed by atoms with van der Waals surface area (Å²) in [6.45, 7) is 4.00. The molecule has 1 atom stereocenters. The van der Waals surface area contributed by atoms with Gasteiger partial charge in [-0.3, -0.25) is 0 Å². The second-order valence-corrected chi connectivity index (χ2v) is 6.67. The van der Waals surface area contributed by atoms with Gasteiger partial charge in [0.1, 0.15) is 0 Å². The normalized spacial score (nSPS) is 24.6. The van der Waals surface area contributed by atoms with Crippen LogP contribution >= 0.6 is 0 Å². The molecule has 0 heterocycles. The summed E-state index contributed by atoms with van der Waals surface area (Å²) in [6, 6.07) is 8.70. The van der Waals surface area contributed by atoms with Crippen molar-refractivity contribution in [2.24, 2.45) is 5.41 Å². The fourth-order valence-electron chi connectivity index (χ4n) is 1.72. The topological polar surface area (TPSA) is 34.1 Å². The number of sulfone groups is 1. The van der Waals surface area contributed by atoms with Gasteiger partial charge < -0.3 is 0 Å². The van der Waals surface area contributed by atoms with Gasteiger partial charge in [-0.25, -0.2) is 8.42 Å². The van der Waals surface area contributed by atoms with Crippen molar-refractivity contribution in [1.82, 2.24) is 0 Å². The molecule has 1 aliphatic carbocycles. The molecule has 1 aromatic rings. The van der Waals surface area contributed by atoms with E-state index < -0.39 is 9.84 Å². The molecule has 0 N–H and O–H groups in total. The van der Waals surface area contributed by atoms with Crippen molar-refractivity contribution >= 4 is 9.84 Å². The number of hydrogen-bond acceptors (Lipinski definition) is 2. The highest BCUT2D eigenvalue weighted by Gasteiger charge is 2.54. The largest absolute Gasteiger partial charge is 0.223 e. The average molecular weight is 210 g/mol. The minimum absolute atomic E-state index is 0.0331. The van der Waals surface area contributed by atoms with E-state index in [0.717, 1.165) is 6.42 Å². The van der Waals surface area contributed by atoms with E-state index in [1.54, 1.807) is 24.3 Å². The summed E-state index contributed by atoms with van der Waals surface area (Å²) >= 11 is 0. The highest BCUT2D eigenvalue weighted by molar-refractivity contribution is 7.92. The monoisotopic (exact) mass is 210 g/mol. The number of rotatable bonds is 2. The van der Waals surface area contributed by atoms with Gasteiger partial charge in [0.25, 0.3) is 0 Å². The second-order valence-electron chi connectivity index (χ2n) is 4.54. The maximum atomic E-state index is 12.0. The van der Waals surface area contributed by atoms with Crippen molar-refractivity contribution in [2.75, 3.05) is 0 Å².